The maximum Gasteiger partial charge on any atom is 0.136 e. The first-order valence-electron chi connectivity index (χ1n) is 18.7. The predicted molar refractivity (Wildman–Crippen MR) is 229 cm³/mol. The Hall–Kier alpha value is -7.36. The van der Waals surface area contributed by atoms with E-state index < -0.39 is 0 Å². The average Bonchev–Trinajstić information content (AvgIpc) is 3.82. The summed E-state index contributed by atoms with van der Waals surface area (Å²) in [5, 5.41) is 7.01. The second-order valence-electron chi connectivity index (χ2n) is 14.1. The molecule has 0 saturated heterocycles. The molecule has 0 bridgehead atoms. The van der Waals surface area contributed by atoms with Crippen molar-refractivity contribution in [2.45, 2.75) is 0 Å². The van der Waals surface area contributed by atoms with E-state index in [4.69, 9.17) is 8.83 Å². The third kappa shape index (κ3) is 5.36. The molecule has 0 aliphatic heterocycles. The molecule has 0 aliphatic rings. The maximum atomic E-state index is 6.27. The highest BCUT2D eigenvalue weighted by Crippen LogP contribution is 2.42. The Morgan fingerprint density at radius 1 is 0.291 bits per heavy atom. The molecule has 0 radical (unpaired) electrons. The summed E-state index contributed by atoms with van der Waals surface area (Å²) in [5.74, 6) is 0. The number of benzene rings is 9. The number of hydrogen-bond acceptors (Lipinski definition) is 3. The van der Waals surface area contributed by atoms with E-state index in [-0.39, 0.29) is 0 Å². The van der Waals surface area contributed by atoms with Crippen molar-refractivity contribution in [1.82, 2.24) is 0 Å². The standard InChI is InChI=1S/C52H33NO2/c1-2-10-37-31-38(20-19-34(37)9-1)35-21-26-41(27-22-35)53(42-28-23-36(24-29-42)39-25-30-46-45-13-3-5-16-48(45)55-51(46)33-39)43-12-7-11-40(32-43)44-15-8-18-50-52(44)47-14-4-6-17-49(47)54-50/h1-33H. The van der Waals surface area contributed by atoms with Crippen molar-refractivity contribution in [3.63, 3.8) is 0 Å². The van der Waals surface area contributed by atoms with Crippen LogP contribution in [0.4, 0.5) is 17.1 Å². The Balaban J connectivity index is 1.01. The van der Waals surface area contributed by atoms with Crippen LogP contribution in [0.25, 0.3) is 88.0 Å². The van der Waals surface area contributed by atoms with Gasteiger partial charge in [-0.05, 0) is 117 Å². The van der Waals surface area contributed by atoms with Crippen LogP contribution in [-0.4, -0.2) is 0 Å². The van der Waals surface area contributed by atoms with Crippen molar-refractivity contribution in [1.29, 1.82) is 0 Å². The Morgan fingerprint density at radius 2 is 0.855 bits per heavy atom. The van der Waals surface area contributed by atoms with Crippen molar-refractivity contribution in [3.8, 4) is 33.4 Å². The number of anilines is 3. The molecule has 0 aliphatic carbocycles. The van der Waals surface area contributed by atoms with Gasteiger partial charge in [-0.15, -0.1) is 0 Å². The monoisotopic (exact) mass is 703 g/mol. The fourth-order valence-electron chi connectivity index (χ4n) is 8.16. The SMILES string of the molecule is c1cc(-c2cccc3oc4ccccc4c23)cc(N(c2ccc(-c3ccc4ccccc4c3)cc2)c2ccc(-c3ccc4c(c3)oc3ccccc34)cc2)c1. The zero-order valence-corrected chi connectivity index (χ0v) is 29.8. The molecule has 0 atom stereocenters. The summed E-state index contributed by atoms with van der Waals surface area (Å²) in [7, 11) is 0. The number of hydrogen-bond donors (Lipinski definition) is 0. The second kappa shape index (κ2) is 12.6. The topological polar surface area (TPSA) is 29.5 Å². The number of furan rings is 2. The van der Waals surface area contributed by atoms with E-state index in [0.717, 1.165) is 83.2 Å². The number of rotatable bonds is 6. The van der Waals surface area contributed by atoms with Crippen molar-refractivity contribution in [3.05, 3.63) is 200 Å². The van der Waals surface area contributed by atoms with E-state index >= 15 is 0 Å². The molecule has 0 fully saturated rings. The molecule has 0 N–H and O–H groups in total. The van der Waals surface area contributed by atoms with E-state index in [9.17, 15) is 0 Å². The minimum Gasteiger partial charge on any atom is -0.456 e. The minimum absolute atomic E-state index is 0.890. The summed E-state index contributed by atoms with van der Waals surface area (Å²) >= 11 is 0. The Bertz CT molecular complexity index is 3200. The van der Waals surface area contributed by atoms with E-state index in [1.54, 1.807) is 0 Å². The minimum atomic E-state index is 0.890. The zero-order chi connectivity index (χ0) is 36.3. The van der Waals surface area contributed by atoms with Gasteiger partial charge in [-0.2, -0.15) is 0 Å². The fraction of sp³-hybridized carbons (Fsp3) is 0. The van der Waals surface area contributed by atoms with Gasteiger partial charge in [-0.3, -0.25) is 0 Å². The third-order valence-electron chi connectivity index (χ3n) is 10.9. The molecule has 0 unspecified atom stereocenters. The summed E-state index contributed by atoms with van der Waals surface area (Å²) in [6, 6.07) is 71.1. The van der Waals surface area contributed by atoms with Crippen LogP contribution < -0.4 is 4.90 Å². The van der Waals surface area contributed by atoms with Gasteiger partial charge in [0.15, 0.2) is 0 Å². The van der Waals surface area contributed by atoms with Gasteiger partial charge in [0.25, 0.3) is 0 Å². The van der Waals surface area contributed by atoms with Crippen molar-refractivity contribution in [2.24, 2.45) is 0 Å². The van der Waals surface area contributed by atoms with Gasteiger partial charge < -0.3 is 13.7 Å². The molecule has 3 nitrogen and oxygen atoms in total. The molecule has 0 amide bonds. The van der Waals surface area contributed by atoms with Crippen LogP contribution in [0.5, 0.6) is 0 Å². The fourth-order valence-corrected chi connectivity index (χ4v) is 8.16. The highest BCUT2D eigenvalue weighted by molar-refractivity contribution is 6.12. The summed E-state index contributed by atoms with van der Waals surface area (Å²) in [6.07, 6.45) is 0. The molecule has 258 valence electrons. The third-order valence-corrected chi connectivity index (χ3v) is 10.9. The normalized spacial score (nSPS) is 11.6. The Labute approximate surface area is 317 Å². The molecule has 0 saturated carbocycles. The smallest absolute Gasteiger partial charge is 0.136 e. The second-order valence-corrected chi connectivity index (χ2v) is 14.1. The lowest BCUT2D eigenvalue weighted by Gasteiger charge is -2.26. The molecular weight excluding hydrogens is 671 g/mol. The van der Waals surface area contributed by atoms with Crippen molar-refractivity contribution < 1.29 is 8.83 Å². The molecular formula is C52H33NO2. The number of fused-ring (bicyclic) bond motifs is 7. The van der Waals surface area contributed by atoms with Crippen LogP contribution in [0.1, 0.15) is 0 Å². The van der Waals surface area contributed by atoms with Crippen LogP contribution in [0.15, 0.2) is 209 Å². The largest absolute Gasteiger partial charge is 0.456 e. The molecule has 9 aromatic carbocycles. The summed E-state index contributed by atoms with van der Waals surface area (Å²) in [5.41, 5.74) is 13.7. The molecule has 2 aromatic heterocycles. The molecule has 11 rings (SSSR count). The molecule has 55 heavy (non-hydrogen) atoms. The number of nitrogens with zero attached hydrogens (tertiary/aromatic N) is 1. The first-order chi connectivity index (χ1) is 27.2. The van der Waals surface area contributed by atoms with E-state index in [2.05, 4.69) is 181 Å². The van der Waals surface area contributed by atoms with Gasteiger partial charge >= 0.3 is 0 Å². The van der Waals surface area contributed by atoms with E-state index in [1.807, 2.05) is 24.3 Å². The van der Waals surface area contributed by atoms with Gasteiger partial charge in [0.05, 0.1) is 0 Å². The van der Waals surface area contributed by atoms with E-state index in [0.29, 0.717) is 0 Å². The molecule has 2 heterocycles. The molecule has 11 aromatic rings. The average molecular weight is 704 g/mol. The summed E-state index contributed by atoms with van der Waals surface area (Å²) < 4.78 is 12.5. The lowest BCUT2D eigenvalue weighted by Crippen LogP contribution is -2.10. The first kappa shape index (κ1) is 31.2. The van der Waals surface area contributed by atoms with Crippen LogP contribution in [0.3, 0.4) is 0 Å². The van der Waals surface area contributed by atoms with Crippen LogP contribution in [0.2, 0.25) is 0 Å². The predicted octanol–water partition coefficient (Wildman–Crippen LogP) is 15.1. The Morgan fingerprint density at radius 3 is 1.64 bits per heavy atom. The zero-order valence-electron chi connectivity index (χ0n) is 29.8. The Kier molecular flexibility index (Phi) is 7.17. The highest BCUT2D eigenvalue weighted by Gasteiger charge is 2.17. The van der Waals surface area contributed by atoms with Gasteiger partial charge in [-0.25, -0.2) is 0 Å². The molecule has 0 spiro atoms. The highest BCUT2D eigenvalue weighted by atomic mass is 16.3. The van der Waals surface area contributed by atoms with Crippen molar-refractivity contribution in [2.75, 3.05) is 4.90 Å². The van der Waals surface area contributed by atoms with Crippen LogP contribution >= 0.6 is 0 Å². The van der Waals surface area contributed by atoms with Gasteiger partial charge in [0, 0.05) is 38.6 Å². The number of para-hydroxylation sites is 2. The lowest BCUT2D eigenvalue weighted by atomic mass is 9.98. The van der Waals surface area contributed by atoms with Gasteiger partial charge in [0.2, 0.25) is 0 Å². The van der Waals surface area contributed by atoms with E-state index in [1.165, 1.54) is 21.9 Å². The first-order valence-corrected chi connectivity index (χ1v) is 18.7. The van der Waals surface area contributed by atoms with Gasteiger partial charge in [-0.1, -0.05) is 127 Å². The summed E-state index contributed by atoms with van der Waals surface area (Å²) in [4.78, 5) is 2.34. The van der Waals surface area contributed by atoms with Crippen molar-refractivity contribution >= 4 is 71.7 Å². The summed E-state index contributed by atoms with van der Waals surface area (Å²) in [6.45, 7) is 0. The van der Waals surface area contributed by atoms with Crippen LogP contribution in [-0.2, 0) is 0 Å². The van der Waals surface area contributed by atoms with Crippen LogP contribution in [0, 0.1) is 0 Å². The molecule has 3 heteroatoms. The quantitative estimate of drug-likeness (QED) is 0.173. The van der Waals surface area contributed by atoms with Gasteiger partial charge in [0.1, 0.15) is 22.3 Å². The lowest BCUT2D eigenvalue weighted by molar-refractivity contribution is 0.668. The maximum absolute atomic E-state index is 6.27.